The van der Waals surface area contributed by atoms with Gasteiger partial charge in [-0.1, -0.05) is 40.9 Å². The molecular weight excluding hydrogens is 565 g/mol. The van der Waals surface area contributed by atoms with Crippen molar-refractivity contribution >= 4 is 52.9 Å². The number of esters is 1. The van der Waals surface area contributed by atoms with Gasteiger partial charge >= 0.3 is 5.97 Å². The lowest BCUT2D eigenvalue weighted by Gasteiger charge is -2.12. The van der Waals surface area contributed by atoms with Gasteiger partial charge in [-0.2, -0.15) is 5.10 Å². The summed E-state index contributed by atoms with van der Waals surface area (Å²) in [6, 6.07) is 23.0. The van der Waals surface area contributed by atoms with E-state index in [-0.39, 0.29) is 22.2 Å². The predicted octanol–water partition coefficient (Wildman–Crippen LogP) is 6.94. The van der Waals surface area contributed by atoms with E-state index in [9.17, 15) is 14.4 Å². The number of rotatable bonds is 9. The standard InChI is InChI=1S/C31H25Cl2N3O5/c1-3-40-28-16-20(7-14-27(28)41-31(39)25-13-10-23(32)17-26(25)33)18-34-36-30(38)21-8-11-24(12-9-21)35-29(37)22-6-4-5-19(2)15-22/h4-18H,3H2,1-2H3,(H,35,37)(H,36,38)/b34-18-. The van der Waals surface area contributed by atoms with E-state index < -0.39 is 11.9 Å². The van der Waals surface area contributed by atoms with Crippen molar-refractivity contribution in [1.29, 1.82) is 0 Å². The van der Waals surface area contributed by atoms with Gasteiger partial charge in [-0.25, -0.2) is 10.2 Å². The van der Waals surface area contributed by atoms with Gasteiger partial charge in [0.15, 0.2) is 11.5 Å². The van der Waals surface area contributed by atoms with Crippen LogP contribution in [0.1, 0.15) is 49.1 Å². The monoisotopic (exact) mass is 589 g/mol. The third-order valence-corrected chi connectivity index (χ3v) is 6.23. The van der Waals surface area contributed by atoms with Crippen LogP contribution in [0.15, 0.2) is 90.0 Å². The van der Waals surface area contributed by atoms with Crippen molar-refractivity contribution in [2.75, 3.05) is 11.9 Å². The summed E-state index contributed by atoms with van der Waals surface area (Å²) in [6.07, 6.45) is 1.43. The molecule has 0 aliphatic rings. The van der Waals surface area contributed by atoms with Crippen LogP contribution in [0.25, 0.3) is 0 Å². The van der Waals surface area contributed by atoms with Gasteiger partial charge in [-0.05, 0) is 92.2 Å². The summed E-state index contributed by atoms with van der Waals surface area (Å²) in [5.41, 5.74) is 5.65. The zero-order chi connectivity index (χ0) is 29.4. The first-order chi connectivity index (χ1) is 19.7. The summed E-state index contributed by atoms with van der Waals surface area (Å²) in [5, 5.41) is 7.38. The minimum Gasteiger partial charge on any atom is -0.490 e. The molecule has 4 aromatic carbocycles. The molecule has 0 radical (unpaired) electrons. The zero-order valence-corrected chi connectivity index (χ0v) is 23.6. The van der Waals surface area contributed by atoms with Crippen molar-refractivity contribution in [3.63, 3.8) is 0 Å². The van der Waals surface area contributed by atoms with Crippen LogP contribution in [0.2, 0.25) is 10.0 Å². The summed E-state index contributed by atoms with van der Waals surface area (Å²) in [6.45, 7) is 4.03. The fourth-order valence-electron chi connectivity index (χ4n) is 3.69. The Bertz CT molecular complexity index is 1620. The summed E-state index contributed by atoms with van der Waals surface area (Å²) >= 11 is 12.0. The quantitative estimate of drug-likeness (QED) is 0.0952. The molecule has 2 N–H and O–H groups in total. The molecule has 41 heavy (non-hydrogen) atoms. The van der Waals surface area contributed by atoms with E-state index in [1.165, 1.54) is 18.3 Å². The molecule has 0 unspecified atom stereocenters. The molecule has 10 heteroatoms. The fourth-order valence-corrected chi connectivity index (χ4v) is 4.18. The highest BCUT2D eigenvalue weighted by atomic mass is 35.5. The second-order valence-electron chi connectivity index (χ2n) is 8.75. The molecule has 0 aliphatic carbocycles. The van der Waals surface area contributed by atoms with Crippen LogP contribution in [-0.4, -0.2) is 30.6 Å². The lowest BCUT2D eigenvalue weighted by Crippen LogP contribution is -2.18. The van der Waals surface area contributed by atoms with Crippen LogP contribution in [0, 0.1) is 6.92 Å². The van der Waals surface area contributed by atoms with E-state index >= 15 is 0 Å². The topological polar surface area (TPSA) is 106 Å². The highest BCUT2D eigenvalue weighted by molar-refractivity contribution is 6.36. The van der Waals surface area contributed by atoms with Crippen molar-refractivity contribution < 1.29 is 23.9 Å². The molecule has 0 aromatic heterocycles. The first kappa shape index (κ1) is 29.3. The van der Waals surface area contributed by atoms with Crippen molar-refractivity contribution in [3.8, 4) is 11.5 Å². The molecule has 0 saturated heterocycles. The maximum absolute atomic E-state index is 12.6. The maximum atomic E-state index is 12.6. The lowest BCUT2D eigenvalue weighted by molar-refractivity contribution is 0.0728. The number of nitrogens with one attached hydrogen (secondary N) is 2. The summed E-state index contributed by atoms with van der Waals surface area (Å²) in [5.74, 6) is -0.838. The molecule has 0 atom stereocenters. The Labute approximate surface area is 246 Å². The third-order valence-electron chi connectivity index (χ3n) is 5.69. The number of halogens is 2. The Kier molecular flexibility index (Phi) is 9.73. The van der Waals surface area contributed by atoms with Crippen LogP contribution in [-0.2, 0) is 0 Å². The maximum Gasteiger partial charge on any atom is 0.345 e. The van der Waals surface area contributed by atoms with Gasteiger partial charge in [0.25, 0.3) is 11.8 Å². The van der Waals surface area contributed by atoms with Crippen molar-refractivity contribution in [2.45, 2.75) is 13.8 Å². The number of amides is 2. The average molecular weight is 590 g/mol. The summed E-state index contributed by atoms with van der Waals surface area (Å²) < 4.78 is 11.1. The van der Waals surface area contributed by atoms with Crippen molar-refractivity contribution in [2.24, 2.45) is 5.10 Å². The molecule has 0 bridgehead atoms. The van der Waals surface area contributed by atoms with E-state index in [4.69, 9.17) is 32.7 Å². The Hall–Kier alpha value is -4.66. The minimum atomic E-state index is -0.665. The molecular formula is C31H25Cl2N3O5. The van der Waals surface area contributed by atoms with Crippen LogP contribution < -0.4 is 20.2 Å². The lowest BCUT2D eigenvalue weighted by atomic mass is 10.1. The molecule has 4 rings (SSSR count). The Morgan fingerprint density at radius 1 is 0.854 bits per heavy atom. The molecule has 208 valence electrons. The van der Waals surface area contributed by atoms with E-state index in [0.717, 1.165) is 5.56 Å². The molecule has 0 heterocycles. The molecule has 0 aliphatic heterocycles. The number of hydrogen-bond acceptors (Lipinski definition) is 6. The Morgan fingerprint density at radius 2 is 1.63 bits per heavy atom. The van der Waals surface area contributed by atoms with Gasteiger partial charge in [-0.3, -0.25) is 9.59 Å². The molecule has 2 amide bonds. The van der Waals surface area contributed by atoms with Gasteiger partial charge in [0.05, 0.1) is 23.4 Å². The number of benzene rings is 4. The highest BCUT2D eigenvalue weighted by Crippen LogP contribution is 2.30. The number of ether oxygens (including phenoxy) is 2. The number of hydrogen-bond donors (Lipinski definition) is 2. The molecule has 8 nitrogen and oxygen atoms in total. The predicted molar refractivity (Wildman–Crippen MR) is 160 cm³/mol. The second-order valence-corrected chi connectivity index (χ2v) is 9.60. The number of carbonyl (C=O) groups excluding carboxylic acids is 3. The van der Waals surface area contributed by atoms with Gasteiger partial charge in [-0.15, -0.1) is 0 Å². The van der Waals surface area contributed by atoms with Crippen LogP contribution in [0.4, 0.5) is 5.69 Å². The van der Waals surface area contributed by atoms with E-state index in [2.05, 4.69) is 15.8 Å². The third kappa shape index (κ3) is 7.94. The molecule has 0 fully saturated rings. The summed E-state index contributed by atoms with van der Waals surface area (Å²) in [4.78, 5) is 37.6. The van der Waals surface area contributed by atoms with Crippen molar-refractivity contribution in [3.05, 3.63) is 123 Å². The van der Waals surface area contributed by atoms with Crippen molar-refractivity contribution in [1.82, 2.24) is 5.43 Å². The first-order valence-corrected chi connectivity index (χ1v) is 13.2. The molecule has 4 aromatic rings. The smallest absolute Gasteiger partial charge is 0.345 e. The van der Waals surface area contributed by atoms with Crippen LogP contribution in [0.3, 0.4) is 0 Å². The van der Waals surface area contributed by atoms with Crippen LogP contribution >= 0.6 is 23.2 Å². The van der Waals surface area contributed by atoms with Gasteiger partial charge in [0.2, 0.25) is 0 Å². The fraction of sp³-hybridized carbons (Fsp3) is 0.0968. The summed E-state index contributed by atoms with van der Waals surface area (Å²) in [7, 11) is 0. The van der Waals surface area contributed by atoms with E-state index in [0.29, 0.717) is 39.8 Å². The Balaban J connectivity index is 1.37. The van der Waals surface area contributed by atoms with Gasteiger partial charge in [0, 0.05) is 21.8 Å². The zero-order valence-electron chi connectivity index (χ0n) is 22.1. The van der Waals surface area contributed by atoms with E-state index in [1.807, 2.05) is 19.1 Å². The minimum absolute atomic E-state index is 0.161. The Morgan fingerprint density at radius 3 is 2.34 bits per heavy atom. The van der Waals surface area contributed by atoms with Gasteiger partial charge < -0.3 is 14.8 Å². The number of aryl methyl sites for hydroxylation is 1. The number of anilines is 1. The normalized spacial score (nSPS) is 10.7. The average Bonchev–Trinajstić information content (AvgIpc) is 2.94. The highest BCUT2D eigenvalue weighted by Gasteiger charge is 2.16. The SMILES string of the molecule is CCOc1cc(/C=N\NC(=O)c2ccc(NC(=O)c3cccc(C)c3)cc2)ccc1OC(=O)c1ccc(Cl)cc1Cl. The number of nitrogens with zero attached hydrogens (tertiary/aromatic N) is 1. The van der Waals surface area contributed by atoms with E-state index in [1.54, 1.807) is 67.6 Å². The molecule has 0 saturated carbocycles. The van der Waals surface area contributed by atoms with Crippen LogP contribution in [0.5, 0.6) is 11.5 Å². The number of hydrazone groups is 1. The number of carbonyl (C=O) groups is 3. The first-order valence-electron chi connectivity index (χ1n) is 12.5. The van der Waals surface area contributed by atoms with Gasteiger partial charge in [0.1, 0.15) is 0 Å². The second kappa shape index (κ2) is 13.6. The largest absolute Gasteiger partial charge is 0.490 e. The molecule has 0 spiro atoms.